The van der Waals surface area contributed by atoms with Gasteiger partial charge < -0.3 is 5.73 Å². The second kappa shape index (κ2) is 4.58. The van der Waals surface area contributed by atoms with Gasteiger partial charge in [0.25, 0.3) is 0 Å². The van der Waals surface area contributed by atoms with E-state index in [1.54, 1.807) is 0 Å². The van der Waals surface area contributed by atoms with Gasteiger partial charge in [0.05, 0.1) is 0 Å². The second-order valence-corrected chi connectivity index (χ2v) is 5.47. The van der Waals surface area contributed by atoms with Crippen molar-refractivity contribution in [2.24, 2.45) is 11.7 Å². The highest BCUT2D eigenvalue weighted by atomic mass is 14.6. The molecule has 0 spiro atoms. The van der Waals surface area contributed by atoms with Crippen LogP contribution in [-0.4, -0.2) is 6.54 Å². The fraction of sp³-hybridized carbons (Fsp3) is 0.600. The topological polar surface area (TPSA) is 26.0 Å². The molecule has 16 heavy (non-hydrogen) atoms. The third-order valence-corrected chi connectivity index (χ3v) is 4.05. The monoisotopic (exact) mass is 217 g/mol. The summed E-state index contributed by atoms with van der Waals surface area (Å²) in [6.45, 7) is 7.63. The Morgan fingerprint density at radius 2 is 2.12 bits per heavy atom. The van der Waals surface area contributed by atoms with E-state index in [4.69, 9.17) is 5.73 Å². The zero-order chi connectivity index (χ0) is 11.7. The van der Waals surface area contributed by atoms with Crippen molar-refractivity contribution in [1.29, 1.82) is 0 Å². The maximum Gasteiger partial charge on any atom is -0.000556 e. The van der Waals surface area contributed by atoms with E-state index in [0.29, 0.717) is 11.8 Å². The van der Waals surface area contributed by atoms with Crippen LogP contribution in [0.1, 0.15) is 55.7 Å². The molecule has 0 amide bonds. The summed E-state index contributed by atoms with van der Waals surface area (Å²) in [4.78, 5) is 0. The van der Waals surface area contributed by atoms with E-state index >= 15 is 0 Å². The van der Waals surface area contributed by atoms with Crippen LogP contribution >= 0.6 is 0 Å². The minimum atomic E-state index is 0.572. The summed E-state index contributed by atoms with van der Waals surface area (Å²) < 4.78 is 0. The van der Waals surface area contributed by atoms with Crippen molar-refractivity contribution in [3.05, 3.63) is 34.9 Å². The first kappa shape index (κ1) is 11.7. The molecule has 1 nitrogen and oxygen atoms in total. The number of fused-ring (bicyclic) bond motifs is 1. The fourth-order valence-electron chi connectivity index (χ4n) is 2.80. The molecule has 0 bridgehead atoms. The maximum atomic E-state index is 5.93. The molecule has 1 heteroatoms. The Hall–Kier alpha value is -0.820. The van der Waals surface area contributed by atoms with Crippen LogP contribution in [0.25, 0.3) is 0 Å². The lowest BCUT2D eigenvalue weighted by molar-refractivity contribution is 0.408. The van der Waals surface area contributed by atoms with Crippen LogP contribution in [0.4, 0.5) is 0 Å². The normalized spacial score (nSPS) is 24.6. The van der Waals surface area contributed by atoms with Crippen LogP contribution in [0.15, 0.2) is 18.2 Å². The van der Waals surface area contributed by atoms with Gasteiger partial charge in [0.15, 0.2) is 0 Å². The third kappa shape index (κ3) is 2.01. The molecule has 0 saturated heterocycles. The molecule has 1 aromatic rings. The van der Waals surface area contributed by atoms with Crippen molar-refractivity contribution in [1.82, 2.24) is 0 Å². The molecule has 0 radical (unpaired) electrons. The van der Waals surface area contributed by atoms with Gasteiger partial charge in [-0.25, -0.2) is 0 Å². The Bertz CT molecular complexity index is 368. The van der Waals surface area contributed by atoms with Crippen molar-refractivity contribution in [2.75, 3.05) is 6.54 Å². The molecule has 0 aliphatic heterocycles. The lowest BCUT2D eigenvalue weighted by Crippen LogP contribution is -2.25. The van der Waals surface area contributed by atoms with Gasteiger partial charge in [0.1, 0.15) is 0 Å². The summed E-state index contributed by atoms with van der Waals surface area (Å²) in [5, 5.41) is 0. The SMILES string of the molecule is CC(C)c1ccc2c(c1)C(CN)C(C)CC2. The molecule has 0 saturated carbocycles. The highest BCUT2D eigenvalue weighted by molar-refractivity contribution is 5.38. The minimum Gasteiger partial charge on any atom is -0.330 e. The zero-order valence-corrected chi connectivity index (χ0v) is 10.7. The average molecular weight is 217 g/mol. The lowest BCUT2D eigenvalue weighted by Gasteiger charge is -2.31. The minimum absolute atomic E-state index is 0.572. The van der Waals surface area contributed by atoms with Gasteiger partial charge in [-0.15, -0.1) is 0 Å². The molecule has 88 valence electrons. The molecule has 0 fully saturated rings. The number of hydrogen-bond acceptors (Lipinski definition) is 1. The molecule has 1 aliphatic rings. The summed E-state index contributed by atoms with van der Waals surface area (Å²) in [7, 11) is 0. The molecule has 2 rings (SSSR count). The van der Waals surface area contributed by atoms with Crippen LogP contribution in [0.5, 0.6) is 0 Å². The largest absolute Gasteiger partial charge is 0.330 e. The highest BCUT2D eigenvalue weighted by Gasteiger charge is 2.25. The second-order valence-electron chi connectivity index (χ2n) is 5.47. The van der Waals surface area contributed by atoms with E-state index in [0.717, 1.165) is 12.5 Å². The number of hydrogen-bond donors (Lipinski definition) is 1. The molecule has 2 N–H and O–H groups in total. The van der Waals surface area contributed by atoms with Gasteiger partial charge in [-0.05, 0) is 53.8 Å². The van der Waals surface area contributed by atoms with Crippen molar-refractivity contribution in [3.63, 3.8) is 0 Å². The Labute approximate surface area is 99.0 Å². The van der Waals surface area contributed by atoms with Gasteiger partial charge in [-0.3, -0.25) is 0 Å². The first-order valence-electron chi connectivity index (χ1n) is 6.46. The Morgan fingerprint density at radius 3 is 2.75 bits per heavy atom. The van der Waals surface area contributed by atoms with Crippen LogP contribution in [-0.2, 0) is 6.42 Å². The Morgan fingerprint density at radius 1 is 1.38 bits per heavy atom. The number of aryl methyl sites for hydroxylation is 1. The van der Waals surface area contributed by atoms with E-state index in [9.17, 15) is 0 Å². The van der Waals surface area contributed by atoms with Crippen molar-refractivity contribution >= 4 is 0 Å². The smallest absolute Gasteiger partial charge is 0.000556 e. The maximum absolute atomic E-state index is 5.93. The summed E-state index contributed by atoms with van der Waals surface area (Å²) in [5.74, 6) is 1.92. The van der Waals surface area contributed by atoms with E-state index in [2.05, 4.69) is 39.0 Å². The van der Waals surface area contributed by atoms with Gasteiger partial charge in [0.2, 0.25) is 0 Å². The van der Waals surface area contributed by atoms with Crippen molar-refractivity contribution < 1.29 is 0 Å². The lowest BCUT2D eigenvalue weighted by atomic mass is 9.75. The van der Waals surface area contributed by atoms with Crippen LogP contribution in [0.3, 0.4) is 0 Å². The summed E-state index contributed by atoms with van der Waals surface area (Å²) in [6.07, 6.45) is 2.52. The van der Waals surface area contributed by atoms with Crippen molar-refractivity contribution in [2.45, 2.75) is 45.4 Å². The van der Waals surface area contributed by atoms with Gasteiger partial charge >= 0.3 is 0 Å². The molecule has 2 atom stereocenters. The van der Waals surface area contributed by atoms with Crippen LogP contribution in [0, 0.1) is 5.92 Å². The van der Waals surface area contributed by atoms with Gasteiger partial charge in [-0.2, -0.15) is 0 Å². The first-order valence-corrected chi connectivity index (χ1v) is 6.46. The molecule has 1 aromatic carbocycles. The predicted octanol–water partition coefficient (Wildman–Crippen LogP) is 3.43. The number of rotatable bonds is 2. The Balaban J connectivity index is 2.42. The average Bonchev–Trinajstić information content (AvgIpc) is 2.28. The van der Waals surface area contributed by atoms with Crippen LogP contribution < -0.4 is 5.73 Å². The third-order valence-electron chi connectivity index (χ3n) is 4.05. The van der Waals surface area contributed by atoms with E-state index in [1.807, 2.05) is 0 Å². The molecule has 2 unspecified atom stereocenters. The molecule has 0 heterocycles. The van der Waals surface area contributed by atoms with Crippen LogP contribution in [0.2, 0.25) is 0 Å². The zero-order valence-electron chi connectivity index (χ0n) is 10.7. The predicted molar refractivity (Wildman–Crippen MR) is 69.8 cm³/mol. The van der Waals surface area contributed by atoms with E-state index < -0.39 is 0 Å². The molecular weight excluding hydrogens is 194 g/mol. The molecule has 0 aromatic heterocycles. The fourth-order valence-corrected chi connectivity index (χ4v) is 2.80. The van der Waals surface area contributed by atoms with E-state index in [-0.39, 0.29) is 0 Å². The summed E-state index contributed by atoms with van der Waals surface area (Å²) in [5.41, 5.74) is 10.4. The Kier molecular flexibility index (Phi) is 3.34. The standard InChI is InChI=1S/C15H23N/c1-10(2)13-7-6-12-5-4-11(3)15(9-16)14(12)8-13/h6-8,10-11,15H,4-5,9,16H2,1-3H3. The van der Waals surface area contributed by atoms with Gasteiger partial charge in [-0.1, -0.05) is 39.0 Å². The number of benzene rings is 1. The summed E-state index contributed by atoms with van der Waals surface area (Å²) >= 11 is 0. The quantitative estimate of drug-likeness (QED) is 0.807. The van der Waals surface area contributed by atoms with E-state index in [1.165, 1.54) is 29.5 Å². The van der Waals surface area contributed by atoms with Gasteiger partial charge in [0, 0.05) is 0 Å². The number of nitrogens with two attached hydrogens (primary N) is 1. The molecular formula is C15H23N. The van der Waals surface area contributed by atoms with Crippen molar-refractivity contribution in [3.8, 4) is 0 Å². The molecule has 1 aliphatic carbocycles. The highest BCUT2D eigenvalue weighted by Crippen LogP contribution is 2.36. The summed E-state index contributed by atoms with van der Waals surface area (Å²) in [6, 6.07) is 7.00. The first-order chi connectivity index (χ1) is 7.63.